The highest BCUT2D eigenvalue weighted by Gasteiger charge is 2.53. The molecule has 1 amide bonds. The van der Waals surface area contributed by atoms with Gasteiger partial charge in [-0.1, -0.05) is 42.3 Å². The van der Waals surface area contributed by atoms with E-state index in [-0.39, 0.29) is 31.8 Å². The molecule has 1 aliphatic heterocycles. The zero-order valence-corrected chi connectivity index (χ0v) is 22.4. The van der Waals surface area contributed by atoms with Gasteiger partial charge in [0, 0.05) is 34.3 Å². The maximum absolute atomic E-state index is 14.1. The molecule has 0 aliphatic carbocycles. The van der Waals surface area contributed by atoms with E-state index in [4.69, 9.17) is 27.9 Å². The van der Waals surface area contributed by atoms with Crippen LogP contribution < -0.4 is 0 Å². The molecule has 7 nitrogen and oxygen atoms in total. The molecule has 1 aromatic heterocycles. The number of benzene rings is 1. The lowest BCUT2D eigenvalue weighted by atomic mass is 9.68. The summed E-state index contributed by atoms with van der Waals surface area (Å²) in [6.45, 7) is 7.46. The molecule has 9 heteroatoms. The van der Waals surface area contributed by atoms with E-state index in [9.17, 15) is 19.5 Å². The molecular weight excluding hydrogens is 503 g/mol. The molecule has 0 unspecified atom stereocenters. The SMILES string of the molecule is CC(C)(C)OC[C@H](CC=O)N1C(=O)[C@@](C)(CC(=O)O)C[C@H](c2cc(Cl)ccn2)[C@H]1c1ccc(Cl)cc1. The van der Waals surface area contributed by atoms with Crippen LogP contribution in [-0.4, -0.2) is 51.4 Å². The molecule has 2 heterocycles. The van der Waals surface area contributed by atoms with E-state index < -0.39 is 35.0 Å². The van der Waals surface area contributed by atoms with Crippen LogP contribution in [0.2, 0.25) is 10.0 Å². The van der Waals surface area contributed by atoms with E-state index in [0.717, 1.165) is 11.8 Å². The van der Waals surface area contributed by atoms with Gasteiger partial charge in [-0.2, -0.15) is 0 Å². The van der Waals surface area contributed by atoms with E-state index in [1.807, 2.05) is 32.9 Å². The summed E-state index contributed by atoms with van der Waals surface area (Å²) in [5, 5.41) is 10.7. The number of likely N-dealkylation sites (tertiary alicyclic amines) is 1. The lowest BCUT2D eigenvalue weighted by Gasteiger charge is -2.51. The summed E-state index contributed by atoms with van der Waals surface area (Å²) >= 11 is 12.5. The number of rotatable bonds is 9. The molecule has 3 rings (SSSR count). The molecule has 1 aliphatic rings. The maximum Gasteiger partial charge on any atom is 0.304 e. The smallest absolute Gasteiger partial charge is 0.304 e. The van der Waals surface area contributed by atoms with Gasteiger partial charge in [-0.05, 0) is 57.0 Å². The third kappa shape index (κ3) is 6.64. The molecule has 1 saturated heterocycles. The van der Waals surface area contributed by atoms with Gasteiger partial charge >= 0.3 is 5.97 Å². The number of aldehydes is 1. The van der Waals surface area contributed by atoms with Crippen molar-refractivity contribution in [3.63, 3.8) is 0 Å². The number of pyridine rings is 1. The third-order valence-electron chi connectivity index (χ3n) is 6.45. The van der Waals surface area contributed by atoms with Crippen molar-refractivity contribution < 1.29 is 24.2 Å². The summed E-state index contributed by atoms with van der Waals surface area (Å²) in [6, 6.07) is 9.41. The van der Waals surface area contributed by atoms with Crippen LogP contribution in [0, 0.1) is 5.41 Å². The van der Waals surface area contributed by atoms with Gasteiger partial charge in [0.05, 0.1) is 36.1 Å². The van der Waals surface area contributed by atoms with Gasteiger partial charge in [0.2, 0.25) is 5.91 Å². The highest BCUT2D eigenvalue weighted by Crippen LogP contribution is 2.51. The average molecular weight is 535 g/mol. The standard InChI is InChI=1S/C27H32Cl2N2O5/c1-26(2,3)36-16-20(10-12-32)31-24(17-5-7-18(28)8-6-17)21(22-13-19(29)9-11-30-22)14-27(4,25(31)35)15-23(33)34/h5-9,11-13,20-21,24H,10,14-16H2,1-4H3,(H,33,34)/t20-,21+,24+,27+/m0/s1. The lowest BCUT2D eigenvalue weighted by Crippen LogP contribution is -2.57. The van der Waals surface area contributed by atoms with Gasteiger partial charge in [0.15, 0.2) is 0 Å². The number of nitrogens with zero attached hydrogens (tertiary/aromatic N) is 2. The second-order valence-corrected chi connectivity index (χ2v) is 11.4. The van der Waals surface area contributed by atoms with Crippen molar-refractivity contribution >= 4 is 41.4 Å². The van der Waals surface area contributed by atoms with E-state index in [1.54, 1.807) is 42.3 Å². The quantitative estimate of drug-likeness (QED) is 0.414. The number of ether oxygens (including phenoxy) is 1. The second kappa shape index (κ2) is 11.3. The Hall–Kier alpha value is -2.48. The first-order valence-electron chi connectivity index (χ1n) is 11.8. The predicted molar refractivity (Wildman–Crippen MR) is 138 cm³/mol. The molecule has 0 saturated carbocycles. The molecule has 0 spiro atoms. The predicted octanol–water partition coefficient (Wildman–Crippen LogP) is 5.70. The van der Waals surface area contributed by atoms with Gasteiger partial charge in [-0.15, -0.1) is 0 Å². The normalized spacial score (nSPS) is 23.4. The Morgan fingerprint density at radius 2 is 1.92 bits per heavy atom. The second-order valence-electron chi connectivity index (χ2n) is 10.5. The number of hydrogen-bond acceptors (Lipinski definition) is 5. The Morgan fingerprint density at radius 3 is 2.47 bits per heavy atom. The summed E-state index contributed by atoms with van der Waals surface area (Å²) in [4.78, 5) is 44.0. The third-order valence-corrected chi connectivity index (χ3v) is 6.94. The molecule has 0 radical (unpaired) electrons. The van der Waals surface area contributed by atoms with Crippen LogP contribution in [0.3, 0.4) is 0 Å². The molecular formula is C27H32Cl2N2O5. The van der Waals surface area contributed by atoms with E-state index in [2.05, 4.69) is 4.98 Å². The van der Waals surface area contributed by atoms with Crippen LogP contribution in [0.4, 0.5) is 0 Å². The van der Waals surface area contributed by atoms with Crippen LogP contribution >= 0.6 is 23.2 Å². The number of piperidine rings is 1. The number of amides is 1. The van der Waals surface area contributed by atoms with Gasteiger partial charge in [-0.25, -0.2) is 0 Å². The Kier molecular flexibility index (Phi) is 8.80. The topological polar surface area (TPSA) is 96.8 Å². The first-order chi connectivity index (χ1) is 16.8. The van der Waals surface area contributed by atoms with Crippen molar-refractivity contribution in [3.05, 3.63) is 63.9 Å². The van der Waals surface area contributed by atoms with Crippen LogP contribution in [-0.2, 0) is 19.1 Å². The monoisotopic (exact) mass is 534 g/mol. The number of aromatic nitrogens is 1. The Morgan fingerprint density at radius 1 is 1.25 bits per heavy atom. The Labute approximate surface area is 221 Å². The Balaban J connectivity index is 2.23. The van der Waals surface area contributed by atoms with Gasteiger partial charge in [-0.3, -0.25) is 14.6 Å². The minimum absolute atomic E-state index is 0.0325. The first kappa shape index (κ1) is 28.1. The van der Waals surface area contributed by atoms with Gasteiger partial charge < -0.3 is 19.5 Å². The first-order valence-corrected chi connectivity index (χ1v) is 12.6. The van der Waals surface area contributed by atoms with Crippen molar-refractivity contribution in [2.24, 2.45) is 5.41 Å². The lowest BCUT2D eigenvalue weighted by molar-refractivity contribution is -0.164. The van der Waals surface area contributed by atoms with Gasteiger partial charge in [0.25, 0.3) is 0 Å². The highest BCUT2D eigenvalue weighted by molar-refractivity contribution is 6.30. The minimum atomic E-state index is -1.23. The molecule has 1 aromatic carbocycles. The molecule has 2 aromatic rings. The summed E-state index contributed by atoms with van der Waals surface area (Å²) in [5.41, 5.74) is -0.304. The zero-order chi connectivity index (χ0) is 26.7. The summed E-state index contributed by atoms with van der Waals surface area (Å²) < 4.78 is 6.03. The van der Waals surface area contributed by atoms with Crippen LogP contribution in [0.5, 0.6) is 0 Å². The molecule has 1 N–H and O–H groups in total. The van der Waals surface area contributed by atoms with Crippen molar-refractivity contribution in [2.75, 3.05) is 6.61 Å². The van der Waals surface area contributed by atoms with Crippen LogP contribution in [0.25, 0.3) is 0 Å². The maximum atomic E-state index is 14.1. The molecule has 1 fully saturated rings. The summed E-state index contributed by atoms with van der Waals surface area (Å²) in [7, 11) is 0. The highest BCUT2D eigenvalue weighted by atomic mass is 35.5. The number of carbonyl (C=O) groups excluding carboxylic acids is 2. The molecule has 36 heavy (non-hydrogen) atoms. The number of carbonyl (C=O) groups is 3. The molecule has 194 valence electrons. The number of carboxylic acid groups (broad SMARTS) is 1. The van der Waals surface area contributed by atoms with E-state index in [1.165, 1.54) is 0 Å². The van der Waals surface area contributed by atoms with Crippen LogP contribution in [0.1, 0.15) is 70.2 Å². The van der Waals surface area contributed by atoms with E-state index in [0.29, 0.717) is 15.7 Å². The van der Waals surface area contributed by atoms with Crippen LogP contribution in [0.15, 0.2) is 42.6 Å². The summed E-state index contributed by atoms with van der Waals surface area (Å²) in [5.74, 6) is -1.81. The summed E-state index contributed by atoms with van der Waals surface area (Å²) in [6.07, 6.45) is 2.27. The number of halogens is 2. The molecule has 0 bridgehead atoms. The van der Waals surface area contributed by atoms with Crippen molar-refractivity contribution in [1.82, 2.24) is 9.88 Å². The minimum Gasteiger partial charge on any atom is -0.481 e. The number of aliphatic carboxylic acids is 1. The Bertz CT molecular complexity index is 1100. The average Bonchev–Trinajstić information content (AvgIpc) is 2.78. The molecule has 4 atom stereocenters. The number of hydrogen-bond donors (Lipinski definition) is 1. The van der Waals surface area contributed by atoms with Crippen molar-refractivity contribution in [3.8, 4) is 0 Å². The zero-order valence-electron chi connectivity index (χ0n) is 20.9. The fraction of sp³-hybridized carbons (Fsp3) is 0.481. The van der Waals surface area contributed by atoms with Crippen molar-refractivity contribution in [2.45, 2.75) is 70.6 Å². The van der Waals surface area contributed by atoms with Gasteiger partial charge in [0.1, 0.15) is 6.29 Å². The fourth-order valence-electron chi connectivity index (χ4n) is 4.85. The van der Waals surface area contributed by atoms with Crippen molar-refractivity contribution in [1.29, 1.82) is 0 Å². The van der Waals surface area contributed by atoms with E-state index >= 15 is 0 Å². The largest absolute Gasteiger partial charge is 0.481 e. The fourth-order valence-corrected chi connectivity index (χ4v) is 5.15. The number of carboxylic acids is 1.